The Morgan fingerprint density at radius 3 is 2.50 bits per heavy atom. The molecule has 2 aromatic heterocycles. The molecule has 3 aromatic rings. The van der Waals surface area contributed by atoms with Gasteiger partial charge in [-0.05, 0) is 55.8 Å². The van der Waals surface area contributed by atoms with E-state index in [0.717, 1.165) is 26.7 Å². The van der Waals surface area contributed by atoms with Crippen LogP contribution in [-0.2, 0) is 7.05 Å². The Kier molecular flexibility index (Phi) is 4.44. The van der Waals surface area contributed by atoms with E-state index in [0.29, 0.717) is 5.56 Å². The predicted octanol–water partition coefficient (Wildman–Crippen LogP) is 4.80. The van der Waals surface area contributed by atoms with Crippen molar-refractivity contribution in [3.8, 4) is 10.4 Å². The molecule has 0 N–H and O–H groups in total. The highest BCUT2D eigenvalue weighted by Crippen LogP contribution is 2.29. The Morgan fingerprint density at radius 2 is 1.88 bits per heavy atom. The maximum Gasteiger partial charge on any atom is 0.189 e. The molecular weight excluding hydrogens is 323 g/mol. The monoisotopic (exact) mass is 340 g/mol. The van der Waals surface area contributed by atoms with Gasteiger partial charge in [-0.2, -0.15) is 5.10 Å². The Morgan fingerprint density at radius 1 is 1.17 bits per heavy atom. The van der Waals surface area contributed by atoms with Gasteiger partial charge in [-0.3, -0.25) is 9.48 Å². The zero-order chi connectivity index (χ0) is 17.3. The number of hydrogen-bond donors (Lipinski definition) is 0. The fourth-order valence-corrected chi connectivity index (χ4v) is 3.50. The third-order valence-corrected chi connectivity index (χ3v) is 5.01. The van der Waals surface area contributed by atoms with Crippen LogP contribution in [0.3, 0.4) is 0 Å². The molecule has 5 heteroatoms. The number of carbonyl (C=O) groups is 1. The molecule has 2 heterocycles. The summed E-state index contributed by atoms with van der Waals surface area (Å²) in [6.45, 7) is 3.73. The van der Waals surface area contributed by atoms with E-state index in [9.17, 15) is 9.18 Å². The number of benzene rings is 1. The van der Waals surface area contributed by atoms with Crippen LogP contribution in [0.15, 0.2) is 42.5 Å². The molecule has 0 bridgehead atoms. The minimum Gasteiger partial charge on any atom is -0.289 e. The van der Waals surface area contributed by atoms with E-state index in [1.165, 1.54) is 12.1 Å². The first-order valence-electron chi connectivity index (χ1n) is 7.54. The Balaban J connectivity index is 1.80. The number of nitrogens with zero attached hydrogens (tertiary/aromatic N) is 2. The van der Waals surface area contributed by atoms with E-state index in [-0.39, 0.29) is 11.6 Å². The van der Waals surface area contributed by atoms with Gasteiger partial charge >= 0.3 is 0 Å². The van der Waals surface area contributed by atoms with Crippen LogP contribution in [0.2, 0.25) is 0 Å². The number of ketones is 1. The third kappa shape index (κ3) is 3.21. The van der Waals surface area contributed by atoms with Crippen LogP contribution < -0.4 is 0 Å². The maximum atomic E-state index is 13.0. The largest absolute Gasteiger partial charge is 0.289 e. The van der Waals surface area contributed by atoms with Crippen molar-refractivity contribution in [2.75, 3.05) is 0 Å². The van der Waals surface area contributed by atoms with Crippen LogP contribution in [0, 0.1) is 19.7 Å². The molecule has 0 saturated carbocycles. The summed E-state index contributed by atoms with van der Waals surface area (Å²) in [5.41, 5.74) is 3.22. The van der Waals surface area contributed by atoms with Gasteiger partial charge in [0.1, 0.15) is 5.82 Å². The number of carbonyl (C=O) groups excluding carboxylic acids is 1. The first-order chi connectivity index (χ1) is 11.5. The fraction of sp³-hybridized carbons (Fsp3) is 0.158. The molecule has 0 radical (unpaired) electrons. The highest BCUT2D eigenvalue weighted by Gasteiger charge is 2.14. The van der Waals surface area contributed by atoms with Crippen molar-refractivity contribution in [3.63, 3.8) is 0 Å². The quantitative estimate of drug-likeness (QED) is 0.505. The lowest BCUT2D eigenvalue weighted by Crippen LogP contribution is -1.99. The summed E-state index contributed by atoms with van der Waals surface area (Å²) in [4.78, 5) is 14.4. The van der Waals surface area contributed by atoms with E-state index >= 15 is 0 Å². The lowest BCUT2D eigenvalue weighted by molar-refractivity contribution is 0.104. The molecule has 3 nitrogen and oxygen atoms in total. The number of aryl methyl sites for hydroxylation is 2. The van der Waals surface area contributed by atoms with Crippen molar-refractivity contribution in [3.05, 3.63) is 70.1 Å². The standard InChI is InChI=1S/C19H17FN2OS/c1-12-19(13(2)22(3)21-12)17(23)10-8-16-9-11-18(24-16)14-4-6-15(20)7-5-14/h4-11H,1-3H3. The number of allylic oxidation sites excluding steroid dienone is 1. The van der Waals surface area contributed by atoms with Crippen LogP contribution in [0.5, 0.6) is 0 Å². The van der Waals surface area contributed by atoms with Crippen molar-refractivity contribution < 1.29 is 9.18 Å². The molecule has 0 amide bonds. The summed E-state index contributed by atoms with van der Waals surface area (Å²) >= 11 is 1.56. The SMILES string of the molecule is Cc1nn(C)c(C)c1C(=O)C=Cc1ccc(-c2ccc(F)cc2)s1. The van der Waals surface area contributed by atoms with E-state index < -0.39 is 0 Å². The Labute approximate surface area is 144 Å². The van der Waals surface area contributed by atoms with Crippen LogP contribution in [-0.4, -0.2) is 15.6 Å². The normalized spacial score (nSPS) is 11.3. The summed E-state index contributed by atoms with van der Waals surface area (Å²) < 4.78 is 14.7. The predicted molar refractivity (Wildman–Crippen MR) is 95.8 cm³/mol. The molecule has 24 heavy (non-hydrogen) atoms. The first kappa shape index (κ1) is 16.3. The molecule has 0 aliphatic heterocycles. The molecule has 122 valence electrons. The lowest BCUT2D eigenvalue weighted by atomic mass is 10.1. The Hall–Kier alpha value is -2.53. The molecule has 0 saturated heterocycles. The summed E-state index contributed by atoms with van der Waals surface area (Å²) in [6, 6.07) is 10.3. The minimum absolute atomic E-state index is 0.0465. The maximum absolute atomic E-state index is 13.0. The highest BCUT2D eigenvalue weighted by molar-refractivity contribution is 7.16. The molecule has 0 aliphatic rings. The van der Waals surface area contributed by atoms with Gasteiger partial charge in [-0.25, -0.2) is 4.39 Å². The van der Waals surface area contributed by atoms with Gasteiger partial charge in [0.25, 0.3) is 0 Å². The van der Waals surface area contributed by atoms with Gasteiger partial charge in [-0.15, -0.1) is 11.3 Å². The van der Waals surface area contributed by atoms with Crippen molar-refractivity contribution in [1.82, 2.24) is 9.78 Å². The van der Waals surface area contributed by atoms with Gasteiger partial charge in [0.15, 0.2) is 5.78 Å². The van der Waals surface area contributed by atoms with Crippen LogP contribution in [0.1, 0.15) is 26.6 Å². The number of hydrogen-bond acceptors (Lipinski definition) is 3. The molecule has 0 unspecified atom stereocenters. The Bertz CT molecular complexity index is 919. The fourth-order valence-electron chi connectivity index (χ4n) is 2.58. The van der Waals surface area contributed by atoms with Crippen molar-refractivity contribution in [1.29, 1.82) is 0 Å². The molecule has 3 rings (SSSR count). The topological polar surface area (TPSA) is 34.9 Å². The second-order valence-corrected chi connectivity index (χ2v) is 6.69. The highest BCUT2D eigenvalue weighted by atomic mass is 32.1. The van der Waals surface area contributed by atoms with Gasteiger partial charge < -0.3 is 0 Å². The third-order valence-electron chi connectivity index (χ3n) is 3.91. The van der Waals surface area contributed by atoms with E-state index in [4.69, 9.17) is 0 Å². The summed E-state index contributed by atoms with van der Waals surface area (Å²) in [5, 5.41) is 4.27. The van der Waals surface area contributed by atoms with Gasteiger partial charge in [0, 0.05) is 22.5 Å². The van der Waals surface area contributed by atoms with E-state index in [2.05, 4.69) is 5.10 Å². The number of thiophene rings is 1. The van der Waals surface area contributed by atoms with E-state index in [1.807, 2.05) is 39.1 Å². The van der Waals surface area contributed by atoms with Crippen molar-refractivity contribution >= 4 is 23.2 Å². The smallest absolute Gasteiger partial charge is 0.189 e. The number of aromatic nitrogens is 2. The number of halogens is 1. The molecule has 0 aliphatic carbocycles. The molecule has 0 spiro atoms. The van der Waals surface area contributed by atoms with Gasteiger partial charge in [0.2, 0.25) is 0 Å². The second-order valence-electron chi connectivity index (χ2n) is 5.58. The molecule has 0 fully saturated rings. The molecule has 1 aromatic carbocycles. The summed E-state index contributed by atoms with van der Waals surface area (Å²) in [7, 11) is 1.83. The summed E-state index contributed by atoms with van der Waals surface area (Å²) in [6.07, 6.45) is 3.39. The zero-order valence-corrected chi connectivity index (χ0v) is 14.5. The first-order valence-corrected chi connectivity index (χ1v) is 8.36. The second kappa shape index (κ2) is 6.53. The lowest BCUT2D eigenvalue weighted by Gasteiger charge is -1.97. The van der Waals surface area contributed by atoms with Crippen LogP contribution in [0.25, 0.3) is 16.5 Å². The molecule has 0 atom stereocenters. The zero-order valence-electron chi connectivity index (χ0n) is 13.7. The minimum atomic E-state index is -0.247. The summed E-state index contributed by atoms with van der Waals surface area (Å²) in [5.74, 6) is -0.293. The van der Waals surface area contributed by atoms with Crippen molar-refractivity contribution in [2.45, 2.75) is 13.8 Å². The van der Waals surface area contributed by atoms with Crippen molar-refractivity contribution in [2.24, 2.45) is 7.05 Å². The van der Waals surface area contributed by atoms with Gasteiger partial charge in [0.05, 0.1) is 11.3 Å². The van der Waals surface area contributed by atoms with Crippen LogP contribution >= 0.6 is 11.3 Å². The average molecular weight is 340 g/mol. The van der Waals surface area contributed by atoms with E-state index in [1.54, 1.807) is 34.2 Å². The van der Waals surface area contributed by atoms with Gasteiger partial charge in [-0.1, -0.05) is 12.1 Å². The molecular formula is C19H17FN2OS. The average Bonchev–Trinajstić information content (AvgIpc) is 3.11. The number of rotatable bonds is 4. The van der Waals surface area contributed by atoms with Crippen LogP contribution in [0.4, 0.5) is 4.39 Å².